The maximum atomic E-state index is 12.5. The van der Waals surface area contributed by atoms with Crippen LogP contribution in [0.4, 0.5) is 5.95 Å². The van der Waals surface area contributed by atoms with E-state index >= 15 is 0 Å². The van der Waals surface area contributed by atoms with Crippen molar-refractivity contribution in [3.63, 3.8) is 0 Å². The predicted molar refractivity (Wildman–Crippen MR) is 89.9 cm³/mol. The number of hydrogen-bond acceptors (Lipinski definition) is 7. The number of para-hydroxylation sites is 1. The van der Waals surface area contributed by atoms with Gasteiger partial charge in [-0.05, 0) is 36.7 Å². The minimum Gasteiger partial charge on any atom is -0.338 e. The molecule has 128 valence electrons. The molecule has 24 heavy (non-hydrogen) atoms. The second kappa shape index (κ2) is 5.52. The van der Waals surface area contributed by atoms with E-state index in [9.17, 15) is 8.42 Å². The SMILES string of the molecule is CN(C)[C@@H]1CS(=O)(=O)[C@H]2CN(c3nnnn3-c3ccccc3)C[C@@H]12. The average Bonchev–Trinajstić information content (AvgIpc) is 3.24. The number of anilines is 1. The van der Waals surface area contributed by atoms with Gasteiger partial charge in [0.1, 0.15) is 0 Å². The number of tetrazole rings is 1. The van der Waals surface area contributed by atoms with E-state index in [0.717, 1.165) is 5.69 Å². The lowest BCUT2D eigenvalue weighted by Gasteiger charge is -2.25. The summed E-state index contributed by atoms with van der Waals surface area (Å²) in [5, 5.41) is 11.7. The quantitative estimate of drug-likeness (QED) is 0.761. The molecule has 0 bridgehead atoms. The van der Waals surface area contributed by atoms with Crippen molar-refractivity contribution < 1.29 is 8.42 Å². The summed E-state index contributed by atoms with van der Waals surface area (Å²) in [6, 6.07) is 9.68. The lowest BCUT2D eigenvalue weighted by atomic mass is 10.00. The molecule has 0 radical (unpaired) electrons. The van der Waals surface area contributed by atoms with Gasteiger partial charge >= 0.3 is 0 Å². The van der Waals surface area contributed by atoms with Crippen LogP contribution in [0.1, 0.15) is 0 Å². The molecular formula is C15H20N6O2S. The number of nitrogens with zero attached hydrogens (tertiary/aromatic N) is 6. The molecule has 1 aromatic heterocycles. The van der Waals surface area contributed by atoms with Gasteiger partial charge in [0.2, 0.25) is 5.95 Å². The van der Waals surface area contributed by atoms with Gasteiger partial charge in [-0.3, -0.25) is 0 Å². The van der Waals surface area contributed by atoms with Crippen LogP contribution in [-0.2, 0) is 9.84 Å². The molecule has 0 N–H and O–H groups in total. The van der Waals surface area contributed by atoms with Crippen molar-refractivity contribution in [3.8, 4) is 5.69 Å². The Hall–Kier alpha value is -2.00. The van der Waals surface area contributed by atoms with E-state index in [1.807, 2.05) is 54.2 Å². The van der Waals surface area contributed by atoms with Gasteiger partial charge in [0, 0.05) is 25.0 Å². The molecule has 2 aromatic rings. The normalized spacial score (nSPS) is 28.5. The van der Waals surface area contributed by atoms with E-state index in [4.69, 9.17) is 0 Å². The molecule has 0 saturated carbocycles. The van der Waals surface area contributed by atoms with Gasteiger partial charge in [-0.1, -0.05) is 23.3 Å². The third-order valence-electron chi connectivity index (χ3n) is 5.07. The molecule has 2 aliphatic heterocycles. The maximum Gasteiger partial charge on any atom is 0.250 e. The van der Waals surface area contributed by atoms with Crippen molar-refractivity contribution in [2.24, 2.45) is 5.92 Å². The lowest BCUT2D eigenvalue weighted by molar-refractivity contribution is 0.258. The van der Waals surface area contributed by atoms with Crippen molar-refractivity contribution in [1.29, 1.82) is 0 Å². The third-order valence-corrected chi connectivity index (χ3v) is 7.29. The minimum atomic E-state index is -3.08. The highest BCUT2D eigenvalue weighted by atomic mass is 32.2. The lowest BCUT2D eigenvalue weighted by Crippen LogP contribution is -2.37. The first-order valence-electron chi connectivity index (χ1n) is 7.94. The zero-order valence-electron chi connectivity index (χ0n) is 13.6. The highest BCUT2D eigenvalue weighted by Gasteiger charge is 2.53. The molecule has 3 atom stereocenters. The van der Waals surface area contributed by atoms with Crippen LogP contribution in [0.3, 0.4) is 0 Å². The van der Waals surface area contributed by atoms with Crippen molar-refractivity contribution >= 4 is 15.8 Å². The van der Waals surface area contributed by atoms with Gasteiger partial charge in [-0.2, -0.15) is 4.68 Å². The molecule has 1 aromatic carbocycles. The molecule has 8 nitrogen and oxygen atoms in total. The molecular weight excluding hydrogens is 328 g/mol. The molecule has 0 aliphatic carbocycles. The smallest absolute Gasteiger partial charge is 0.250 e. The number of sulfone groups is 1. The Morgan fingerprint density at radius 3 is 2.62 bits per heavy atom. The Morgan fingerprint density at radius 2 is 1.92 bits per heavy atom. The van der Waals surface area contributed by atoms with Gasteiger partial charge in [0.25, 0.3) is 0 Å². The maximum absolute atomic E-state index is 12.5. The fourth-order valence-corrected chi connectivity index (χ4v) is 6.32. The second-order valence-electron chi connectivity index (χ2n) is 6.69. The number of hydrogen-bond donors (Lipinski definition) is 0. The van der Waals surface area contributed by atoms with Crippen molar-refractivity contribution in [3.05, 3.63) is 30.3 Å². The van der Waals surface area contributed by atoms with Crippen LogP contribution < -0.4 is 4.90 Å². The van der Waals surface area contributed by atoms with Gasteiger partial charge < -0.3 is 9.80 Å². The summed E-state index contributed by atoms with van der Waals surface area (Å²) in [5.74, 6) is 0.932. The van der Waals surface area contributed by atoms with Crippen molar-refractivity contribution in [2.75, 3.05) is 37.8 Å². The van der Waals surface area contributed by atoms with Crippen LogP contribution >= 0.6 is 0 Å². The third kappa shape index (κ3) is 2.39. The van der Waals surface area contributed by atoms with Crippen LogP contribution in [0.15, 0.2) is 30.3 Å². The second-order valence-corrected chi connectivity index (χ2v) is 8.96. The molecule has 2 fully saturated rings. The minimum absolute atomic E-state index is 0.0473. The van der Waals surface area contributed by atoms with Gasteiger partial charge in [0.05, 0.1) is 16.7 Å². The van der Waals surface area contributed by atoms with E-state index in [1.165, 1.54) is 0 Å². The Balaban J connectivity index is 1.66. The zero-order valence-corrected chi connectivity index (χ0v) is 14.5. The topological polar surface area (TPSA) is 84.2 Å². The van der Waals surface area contributed by atoms with Crippen LogP contribution in [-0.4, -0.2) is 77.8 Å². The van der Waals surface area contributed by atoms with Crippen LogP contribution in [0.5, 0.6) is 0 Å². The summed E-state index contributed by atoms with van der Waals surface area (Å²) in [7, 11) is 0.807. The van der Waals surface area contributed by atoms with Gasteiger partial charge in [-0.25, -0.2) is 8.42 Å². The molecule has 0 spiro atoms. The van der Waals surface area contributed by atoms with E-state index in [2.05, 4.69) is 15.5 Å². The standard InChI is InChI=1S/C15H20N6O2S/c1-19(2)13-10-24(22,23)14-9-20(8-12(13)14)15-16-17-18-21(15)11-6-4-3-5-7-11/h3-7,12-14H,8-10H2,1-2H3/t12-,13+,14-/m0/s1. The molecule has 0 unspecified atom stereocenters. The first-order chi connectivity index (χ1) is 11.5. The predicted octanol–water partition coefficient (Wildman–Crippen LogP) is -0.174. The zero-order chi connectivity index (χ0) is 16.9. The molecule has 4 rings (SSSR count). The largest absolute Gasteiger partial charge is 0.338 e. The fraction of sp³-hybridized carbons (Fsp3) is 0.533. The number of fused-ring (bicyclic) bond motifs is 1. The van der Waals surface area contributed by atoms with Crippen LogP contribution in [0.25, 0.3) is 5.69 Å². The summed E-state index contributed by atoms with van der Waals surface area (Å²) < 4.78 is 26.7. The Morgan fingerprint density at radius 1 is 1.17 bits per heavy atom. The molecule has 9 heteroatoms. The summed E-state index contributed by atoms with van der Waals surface area (Å²) in [5.41, 5.74) is 0.863. The molecule has 2 aliphatic rings. The van der Waals surface area contributed by atoms with Crippen LogP contribution in [0.2, 0.25) is 0 Å². The van der Waals surface area contributed by atoms with Gasteiger partial charge in [0.15, 0.2) is 9.84 Å². The fourth-order valence-electron chi connectivity index (χ4n) is 3.84. The Kier molecular flexibility index (Phi) is 3.57. The highest BCUT2D eigenvalue weighted by Crippen LogP contribution is 2.37. The Labute approximate surface area is 141 Å². The van der Waals surface area contributed by atoms with Crippen molar-refractivity contribution in [2.45, 2.75) is 11.3 Å². The van der Waals surface area contributed by atoms with E-state index in [-0.39, 0.29) is 23.0 Å². The highest BCUT2D eigenvalue weighted by molar-refractivity contribution is 7.92. The number of rotatable bonds is 3. The number of aromatic nitrogens is 4. The summed E-state index contributed by atoms with van der Waals surface area (Å²) in [4.78, 5) is 4.02. The monoisotopic (exact) mass is 348 g/mol. The molecule has 2 saturated heterocycles. The van der Waals surface area contributed by atoms with Gasteiger partial charge in [-0.15, -0.1) is 0 Å². The van der Waals surface area contributed by atoms with Crippen LogP contribution in [0, 0.1) is 5.92 Å². The average molecular weight is 348 g/mol. The first-order valence-corrected chi connectivity index (χ1v) is 9.65. The van der Waals surface area contributed by atoms with Crippen molar-refractivity contribution in [1.82, 2.24) is 25.1 Å². The van der Waals surface area contributed by atoms with E-state index in [0.29, 0.717) is 19.0 Å². The summed E-state index contributed by atoms with van der Waals surface area (Å²) >= 11 is 0. The molecule has 3 heterocycles. The summed E-state index contributed by atoms with van der Waals surface area (Å²) in [6.07, 6.45) is 0. The first kappa shape index (κ1) is 15.5. The van der Waals surface area contributed by atoms with E-state index < -0.39 is 9.84 Å². The molecule has 0 amide bonds. The summed E-state index contributed by atoms with van der Waals surface area (Å²) in [6.45, 7) is 1.10. The number of benzene rings is 1. The Bertz CT molecular complexity index is 835. The van der Waals surface area contributed by atoms with E-state index in [1.54, 1.807) is 4.68 Å².